The third-order valence-corrected chi connectivity index (χ3v) is 5.04. The molecule has 5 nitrogen and oxygen atoms in total. The lowest BCUT2D eigenvalue weighted by molar-refractivity contribution is 0.0926. The molecule has 1 aromatic carbocycles. The number of benzene rings is 1. The molecule has 3 aromatic rings. The number of thiazole rings is 1. The molecule has 3 rings (SSSR count). The van der Waals surface area contributed by atoms with Gasteiger partial charge in [0, 0.05) is 16.5 Å². The predicted molar refractivity (Wildman–Crippen MR) is 94.0 cm³/mol. The Hall–Kier alpha value is -2.47. The van der Waals surface area contributed by atoms with Gasteiger partial charge in [0.2, 0.25) is 0 Å². The van der Waals surface area contributed by atoms with Crippen molar-refractivity contribution in [2.45, 2.75) is 33.2 Å². The average Bonchev–Trinajstić information content (AvgIpc) is 3.21. The maximum absolute atomic E-state index is 12.5. The molecular formula is C18H19N3O2S. The number of aromatic nitrogens is 2. The van der Waals surface area contributed by atoms with Crippen LogP contribution in [0.4, 0.5) is 0 Å². The van der Waals surface area contributed by atoms with Gasteiger partial charge in [0.25, 0.3) is 5.91 Å². The zero-order valence-electron chi connectivity index (χ0n) is 13.9. The Morgan fingerprint density at radius 2 is 2.04 bits per heavy atom. The third-order valence-electron chi connectivity index (χ3n) is 3.86. The lowest BCUT2D eigenvalue weighted by atomic mass is 10.1. The summed E-state index contributed by atoms with van der Waals surface area (Å²) in [5.74, 6) is 0.327. The predicted octanol–water partition coefficient (Wildman–Crippen LogP) is 4.30. The average molecular weight is 341 g/mol. The summed E-state index contributed by atoms with van der Waals surface area (Å²) in [7, 11) is 0. The van der Waals surface area contributed by atoms with Gasteiger partial charge in [-0.25, -0.2) is 4.98 Å². The van der Waals surface area contributed by atoms with Gasteiger partial charge >= 0.3 is 0 Å². The van der Waals surface area contributed by atoms with Crippen LogP contribution >= 0.6 is 11.3 Å². The Kier molecular flexibility index (Phi) is 4.76. The van der Waals surface area contributed by atoms with Crippen LogP contribution in [0.1, 0.15) is 45.5 Å². The van der Waals surface area contributed by atoms with Crippen molar-refractivity contribution >= 4 is 17.2 Å². The van der Waals surface area contributed by atoms with E-state index in [1.165, 1.54) is 4.88 Å². The Morgan fingerprint density at radius 3 is 2.67 bits per heavy atom. The van der Waals surface area contributed by atoms with Crippen molar-refractivity contribution in [2.24, 2.45) is 0 Å². The second kappa shape index (κ2) is 6.97. The van der Waals surface area contributed by atoms with Crippen molar-refractivity contribution in [2.75, 3.05) is 0 Å². The number of nitrogens with zero attached hydrogens (tertiary/aromatic N) is 2. The molecule has 6 heteroatoms. The van der Waals surface area contributed by atoms with Crippen molar-refractivity contribution in [1.29, 1.82) is 0 Å². The van der Waals surface area contributed by atoms with E-state index in [2.05, 4.69) is 15.5 Å². The Balaban J connectivity index is 1.75. The summed E-state index contributed by atoms with van der Waals surface area (Å²) in [6.07, 6.45) is 0.765. The molecule has 124 valence electrons. The number of hydrogen-bond acceptors (Lipinski definition) is 5. The molecule has 1 amide bonds. The van der Waals surface area contributed by atoms with E-state index in [4.69, 9.17) is 4.52 Å². The first-order chi connectivity index (χ1) is 11.6. The van der Waals surface area contributed by atoms with Gasteiger partial charge in [0.15, 0.2) is 11.5 Å². The standard InChI is InChI=1S/C18H19N3O2S/c1-4-14(18-19-11(2)12(3)24-18)20-17(22)15-10-16(23-21-15)13-8-6-5-7-9-13/h5-10,14H,4H2,1-3H3,(H,20,22)/t14-/m0/s1. The summed E-state index contributed by atoms with van der Waals surface area (Å²) in [6.45, 7) is 6.04. The number of carbonyl (C=O) groups is 1. The van der Waals surface area contributed by atoms with Gasteiger partial charge in [-0.1, -0.05) is 42.4 Å². The monoisotopic (exact) mass is 341 g/mol. The molecule has 2 aromatic heterocycles. The molecule has 0 unspecified atom stereocenters. The first-order valence-electron chi connectivity index (χ1n) is 7.85. The Bertz CT molecular complexity index is 820. The van der Waals surface area contributed by atoms with E-state index in [0.717, 1.165) is 22.7 Å². The van der Waals surface area contributed by atoms with E-state index in [-0.39, 0.29) is 17.6 Å². The molecule has 0 aliphatic heterocycles. The minimum Gasteiger partial charge on any atom is -0.355 e. The summed E-state index contributed by atoms with van der Waals surface area (Å²) in [6, 6.07) is 11.1. The van der Waals surface area contributed by atoms with Gasteiger partial charge in [-0.15, -0.1) is 11.3 Å². The normalized spacial score (nSPS) is 12.1. The van der Waals surface area contributed by atoms with Crippen molar-refractivity contribution in [3.05, 3.63) is 57.7 Å². The Morgan fingerprint density at radius 1 is 1.29 bits per heavy atom. The molecule has 2 heterocycles. The van der Waals surface area contributed by atoms with Gasteiger partial charge in [-0.3, -0.25) is 4.79 Å². The molecule has 0 aliphatic carbocycles. The number of nitrogens with one attached hydrogen (secondary N) is 1. The number of rotatable bonds is 5. The SMILES string of the molecule is CC[C@H](NC(=O)c1cc(-c2ccccc2)on1)c1nc(C)c(C)s1. The van der Waals surface area contributed by atoms with Gasteiger partial charge in [0.1, 0.15) is 5.01 Å². The maximum Gasteiger partial charge on any atom is 0.274 e. The van der Waals surface area contributed by atoms with Crippen LogP contribution < -0.4 is 5.32 Å². The van der Waals surface area contributed by atoms with Crippen LogP contribution in [0.3, 0.4) is 0 Å². The number of carbonyl (C=O) groups excluding carboxylic acids is 1. The summed E-state index contributed by atoms with van der Waals surface area (Å²) < 4.78 is 5.29. The number of hydrogen-bond donors (Lipinski definition) is 1. The number of amides is 1. The summed E-state index contributed by atoms with van der Waals surface area (Å²) in [5, 5.41) is 7.81. The molecule has 1 N–H and O–H groups in total. The summed E-state index contributed by atoms with van der Waals surface area (Å²) in [4.78, 5) is 18.2. The third kappa shape index (κ3) is 3.38. The fourth-order valence-electron chi connectivity index (χ4n) is 2.34. The highest BCUT2D eigenvalue weighted by atomic mass is 32.1. The molecule has 1 atom stereocenters. The van der Waals surface area contributed by atoms with Crippen molar-refractivity contribution in [1.82, 2.24) is 15.5 Å². The molecule has 0 saturated heterocycles. The zero-order chi connectivity index (χ0) is 17.1. The summed E-state index contributed by atoms with van der Waals surface area (Å²) >= 11 is 1.62. The minimum atomic E-state index is -0.252. The fourth-order valence-corrected chi connectivity index (χ4v) is 3.40. The van der Waals surface area contributed by atoms with Crippen LogP contribution in [-0.4, -0.2) is 16.0 Å². The summed E-state index contributed by atoms with van der Waals surface area (Å²) in [5.41, 5.74) is 2.18. The second-order valence-electron chi connectivity index (χ2n) is 5.57. The van der Waals surface area contributed by atoms with E-state index >= 15 is 0 Å². The van der Waals surface area contributed by atoms with Crippen LogP contribution in [0.5, 0.6) is 0 Å². The van der Waals surface area contributed by atoms with E-state index in [0.29, 0.717) is 5.76 Å². The first-order valence-corrected chi connectivity index (χ1v) is 8.67. The molecule has 0 bridgehead atoms. The molecule has 0 saturated carbocycles. The van der Waals surface area contributed by atoms with Gasteiger partial charge in [-0.05, 0) is 20.3 Å². The Labute approximate surface area is 144 Å². The molecule has 0 spiro atoms. The van der Waals surface area contributed by atoms with Crippen LogP contribution in [-0.2, 0) is 0 Å². The highest BCUT2D eigenvalue weighted by Crippen LogP contribution is 2.25. The lowest BCUT2D eigenvalue weighted by Crippen LogP contribution is -2.28. The van der Waals surface area contributed by atoms with Crippen LogP contribution in [0, 0.1) is 13.8 Å². The fraction of sp³-hybridized carbons (Fsp3) is 0.278. The van der Waals surface area contributed by atoms with Crippen molar-refractivity contribution in [3.8, 4) is 11.3 Å². The van der Waals surface area contributed by atoms with E-state index in [1.54, 1.807) is 17.4 Å². The quantitative estimate of drug-likeness (QED) is 0.751. The van der Waals surface area contributed by atoms with E-state index in [1.807, 2.05) is 51.1 Å². The van der Waals surface area contributed by atoms with Crippen LogP contribution in [0.2, 0.25) is 0 Å². The number of aryl methyl sites for hydroxylation is 2. The first kappa shape index (κ1) is 16.4. The largest absolute Gasteiger partial charge is 0.355 e. The smallest absolute Gasteiger partial charge is 0.274 e. The van der Waals surface area contributed by atoms with Gasteiger partial charge < -0.3 is 9.84 Å². The topological polar surface area (TPSA) is 68.0 Å². The minimum absolute atomic E-state index is 0.119. The maximum atomic E-state index is 12.5. The van der Waals surface area contributed by atoms with Crippen molar-refractivity contribution < 1.29 is 9.32 Å². The lowest BCUT2D eigenvalue weighted by Gasteiger charge is -2.13. The molecular weight excluding hydrogens is 322 g/mol. The van der Waals surface area contributed by atoms with E-state index < -0.39 is 0 Å². The van der Waals surface area contributed by atoms with Crippen LogP contribution in [0.15, 0.2) is 40.9 Å². The zero-order valence-corrected chi connectivity index (χ0v) is 14.7. The highest BCUT2D eigenvalue weighted by Gasteiger charge is 2.20. The second-order valence-corrected chi connectivity index (χ2v) is 6.81. The highest BCUT2D eigenvalue weighted by molar-refractivity contribution is 7.11. The molecule has 0 aliphatic rings. The molecule has 0 fully saturated rings. The van der Waals surface area contributed by atoms with Gasteiger partial charge in [-0.2, -0.15) is 0 Å². The van der Waals surface area contributed by atoms with Crippen molar-refractivity contribution in [3.63, 3.8) is 0 Å². The van der Waals surface area contributed by atoms with Gasteiger partial charge in [0.05, 0.1) is 11.7 Å². The molecule has 24 heavy (non-hydrogen) atoms. The van der Waals surface area contributed by atoms with Crippen LogP contribution in [0.25, 0.3) is 11.3 Å². The van der Waals surface area contributed by atoms with E-state index in [9.17, 15) is 4.79 Å². The molecule has 0 radical (unpaired) electrons.